The molecule has 1 atom stereocenters. The topological polar surface area (TPSA) is 68.7 Å². The van der Waals surface area contributed by atoms with Gasteiger partial charge in [0.1, 0.15) is 4.90 Å². The van der Waals surface area contributed by atoms with Crippen molar-refractivity contribution < 1.29 is 17.9 Å². The van der Waals surface area contributed by atoms with Crippen LogP contribution in [0, 0.1) is 0 Å². The summed E-state index contributed by atoms with van der Waals surface area (Å²) in [4.78, 5) is 3.93. The van der Waals surface area contributed by atoms with Gasteiger partial charge in [0, 0.05) is 32.6 Å². The Hall–Kier alpha value is -0.730. The molecule has 1 aliphatic heterocycles. The SMILES string of the molecule is COC[C@H]1CN(S(=O)(=O)c2cncc(Cl)c2)CC(C)(C)O1. The van der Waals surface area contributed by atoms with Crippen LogP contribution in [0.4, 0.5) is 0 Å². The number of rotatable bonds is 4. The Bertz CT molecular complexity index is 606. The minimum atomic E-state index is -3.66. The lowest BCUT2D eigenvalue weighted by atomic mass is 10.1. The molecule has 0 radical (unpaired) electrons. The molecule has 0 amide bonds. The fourth-order valence-electron chi connectivity index (χ4n) is 2.38. The summed E-state index contributed by atoms with van der Waals surface area (Å²) < 4.78 is 37.7. The summed E-state index contributed by atoms with van der Waals surface area (Å²) in [6, 6.07) is 1.40. The van der Waals surface area contributed by atoms with E-state index in [1.54, 1.807) is 7.11 Å². The normalized spacial score (nSPS) is 23.1. The third-order valence-electron chi connectivity index (χ3n) is 3.12. The molecular weight excluding hydrogens is 316 g/mol. The first-order chi connectivity index (χ1) is 9.74. The number of methoxy groups -OCH3 is 1. The van der Waals surface area contributed by atoms with Crippen LogP contribution in [0.3, 0.4) is 0 Å². The predicted molar refractivity (Wildman–Crippen MR) is 78.8 cm³/mol. The Balaban J connectivity index is 2.30. The first-order valence-electron chi connectivity index (χ1n) is 6.52. The largest absolute Gasteiger partial charge is 0.382 e. The zero-order chi connectivity index (χ0) is 15.7. The number of morpholine rings is 1. The van der Waals surface area contributed by atoms with Crippen LogP contribution >= 0.6 is 11.6 Å². The standard InChI is InChI=1S/C13H19ClN2O4S/c1-13(2)9-16(7-11(20-13)8-19-3)21(17,18)12-4-10(14)5-15-6-12/h4-6,11H,7-9H2,1-3H3/t11-/m1/s1. The van der Waals surface area contributed by atoms with Gasteiger partial charge >= 0.3 is 0 Å². The highest BCUT2D eigenvalue weighted by Crippen LogP contribution is 2.27. The highest BCUT2D eigenvalue weighted by molar-refractivity contribution is 7.89. The van der Waals surface area contributed by atoms with Gasteiger partial charge in [-0.15, -0.1) is 0 Å². The Labute approximate surface area is 130 Å². The van der Waals surface area contributed by atoms with Crippen LogP contribution in [-0.2, 0) is 19.5 Å². The molecule has 1 aromatic rings. The van der Waals surface area contributed by atoms with Gasteiger partial charge in [-0.25, -0.2) is 8.42 Å². The summed E-state index contributed by atoms with van der Waals surface area (Å²) in [6.45, 7) is 4.55. The molecular formula is C13H19ClN2O4S. The first-order valence-corrected chi connectivity index (χ1v) is 8.34. The Kier molecular flexibility index (Phi) is 4.89. The number of sulfonamides is 1. The molecule has 0 bridgehead atoms. The number of pyridine rings is 1. The van der Waals surface area contributed by atoms with Crippen molar-refractivity contribution in [3.05, 3.63) is 23.5 Å². The maximum atomic E-state index is 12.7. The van der Waals surface area contributed by atoms with Crippen molar-refractivity contribution >= 4 is 21.6 Å². The third kappa shape index (κ3) is 3.92. The number of halogens is 1. The number of aromatic nitrogens is 1. The molecule has 21 heavy (non-hydrogen) atoms. The molecule has 0 saturated carbocycles. The third-order valence-corrected chi connectivity index (χ3v) is 5.10. The molecule has 1 aliphatic rings. The summed E-state index contributed by atoms with van der Waals surface area (Å²) in [6.07, 6.45) is 2.40. The molecule has 0 spiro atoms. The Morgan fingerprint density at radius 1 is 1.52 bits per heavy atom. The first kappa shape index (κ1) is 16.6. The van der Waals surface area contributed by atoms with Crippen molar-refractivity contribution in [2.24, 2.45) is 0 Å². The summed E-state index contributed by atoms with van der Waals surface area (Å²) >= 11 is 5.83. The second-order valence-corrected chi connectivity index (χ2v) is 7.97. The Morgan fingerprint density at radius 3 is 2.86 bits per heavy atom. The van der Waals surface area contributed by atoms with Crippen molar-refractivity contribution in [3.63, 3.8) is 0 Å². The van der Waals surface area contributed by atoms with E-state index in [2.05, 4.69) is 4.98 Å². The van der Waals surface area contributed by atoms with Gasteiger partial charge in [-0.3, -0.25) is 4.98 Å². The molecule has 0 aromatic carbocycles. The van der Waals surface area contributed by atoms with Gasteiger partial charge in [-0.05, 0) is 19.9 Å². The van der Waals surface area contributed by atoms with Gasteiger partial charge < -0.3 is 9.47 Å². The van der Waals surface area contributed by atoms with Crippen LogP contribution in [0.2, 0.25) is 5.02 Å². The van der Waals surface area contributed by atoms with Gasteiger partial charge in [-0.1, -0.05) is 11.6 Å². The molecule has 8 heteroatoms. The fourth-order valence-corrected chi connectivity index (χ4v) is 4.23. The fraction of sp³-hybridized carbons (Fsp3) is 0.615. The van der Waals surface area contributed by atoms with Gasteiger partial charge in [0.2, 0.25) is 10.0 Å². The van der Waals surface area contributed by atoms with Crippen LogP contribution in [-0.4, -0.2) is 56.2 Å². The maximum absolute atomic E-state index is 12.7. The zero-order valence-corrected chi connectivity index (χ0v) is 13.8. The van der Waals surface area contributed by atoms with Crippen LogP contribution < -0.4 is 0 Å². The van der Waals surface area contributed by atoms with E-state index in [4.69, 9.17) is 21.1 Å². The molecule has 6 nitrogen and oxygen atoms in total. The van der Waals surface area contributed by atoms with E-state index in [-0.39, 0.29) is 29.1 Å². The van der Waals surface area contributed by atoms with Crippen molar-refractivity contribution in [3.8, 4) is 0 Å². The zero-order valence-electron chi connectivity index (χ0n) is 12.2. The molecule has 1 saturated heterocycles. The van der Waals surface area contributed by atoms with Crippen molar-refractivity contribution in [2.75, 3.05) is 26.8 Å². The summed E-state index contributed by atoms with van der Waals surface area (Å²) in [5.74, 6) is 0. The predicted octanol–water partition coefficient (Wildman–Crippen LogP) is 1.55. The number of ether oxygens (including phenoxy) is 2. The van der Waals surface area contributed by atoms with Crippen LogP contribution in [0.15, 0.2) is 23.4 Å². The van der Waals surface area contributed by atoms with Crippen molar-refractivity contribution in [1.29, 1.82) is 0 Å². The van der Waals surface area contributed by atoms with Gasteiger partial charge in [0.25, 0.3) is 0 Å². The monoisotopic (exact) mass is 334 g/mol. The van der Waals surface area contributed by atoms with Gasteiger partial charge in [-0.2, -0.15) is 4.31 Å². The smallest absolute Gasteiger partial charge is 0.244 e. The Morgan fingerprint density at radius 2 is 2.24 bits per heavy atom. The second kappa shape index (κ2) is 6.18. The molecule has 0 unspecified atom stereocenters. The van der Waals surface area contributed by atoms with Crippen LogP contribution in [0.5, 0.6) is 0 Å². The van der Waals surface area contributed by atoms with E-state index in [9.17, 15) is 8.42 Å². The molecule has 2 rings (SSSR count). The van der Waals surface area contributed by atoms with Crippen LogP contribution in [0.1, 0.15) is 13.8 Å². The summed E-state index contributed by atoms with van der Waals surface area (Å²) in [5.41, 5.74) is -0.583. The van der Waals surface area contributed by atoms with Crippen molar-refractivity contribution in [1.82, 2.24) is 9.29 Å². The number of nitrogens with zero attached hydrogens (tertiary/aromatic N) is 2. The maximum Gasteiger partial charge on any atom is 0.244 e. The quantitative estimate of drug-likeness (QED) is 0.835. The lowest BCUT2D eigenvalue weighted by molar-refractivity contribution is -0.135. The lowest BCUT2D eigenvalue weighted by Crippen LogP contribution is -2.55. The summed E-state index contributed by atoms with van der Waals surface area (Å²) in [5, 5.41) is 0.289. The average Bonchev–Trinajstić information content (AvgIpc) is 2.37. The number of hydrogen-bond donors (Lipinski definition) is 0. The van der Waals surface area contributed by atoms with E-state index < -0.39 is 15.6 Å². The van der Waals surface area contributed by atoms with Crippen LogP contribution in [0.25, 0.3) is 0 Å². The van der Waals surface area contributed by atoms with Crippen molar-refractivity contribution in [2.45, 2.75) is 30.4 Å². The van der Waals surface area contributed by atoms with E-state index in [0.29, 0.717) is 6.61 Å². The van der Waals surface area contributed by atoms with E-state index in [0.717, 1.165) is 0 Å². The molecule has 118 valence electrons. The highest BCUT2D eigenvalue weighted by Gasteiger charge is 2.39. The molecule has 1 fully saturated rings. The molecule has 1 aromatic heterocycles. The average molecular weight is 335 g/mol. The molecule has 2 heterocycles. The second-order valence-electron chi connectivity index (χ2n) is 5.59. The molecule has 0 aliphatic carbocycles. The molecule has 0 N–H and O–H groups in total. The van der Waals surface area contributed by atoms with Gasteiger partial charge in [0.05, 0.1) is 23.3 Å². The summed E-state index contributed by atoms with van der Waals surface area (Å²) in [7, 11) is -2.10. The highest BCUT2D eigenvalue weighted by atomic mass is 35.5. The van der Waals surface area contributed by atoms with Gasteiger partial charge in [0.15, 0.2) is 0 Å². The minimum Gasteiger partial charge on any atom is -0.382 e. The number of hydrogen-bond acceptors (Lipinski definition) is 5. The van der Waals surface area contributed by atoms with E-state index in [1.165, 1.54) is 22.8 Å². The minimum absolute atomic E-state index is 0.0869. The lowest BCUT2D eigenvalue weighted by Gasteiger charge is -2.41. The van der Waals surface area contributed by atoms with E-state index in [1.807, 2.05) is 13.8 Å². The van der Waals surface area contributed by atoms with E-state index >= 15 is 0 Å².